The van der Waals surface area contributed by atoms with Gasteiger partial charge in [-0.15, -0.1) is 11.3 Å². The maximum absolute atomic E-state index is 13.5. The second-order valence-electron chi connectivity index (χ2n) is 7.42. The highest BCUT2D eigenvalue weighted by atomic mass is 32.1. The van der Waals surface area contributed by atoms with Crippen molar-refractivity contribution in [1.29, 1.82) is 5.26 Å². The molecule has 0 radical (unpaired) electrons. The zero-order chi connectivity index (χ0) is 22.8. The number of aromatic nitrogens is 3. The first-order chi connectivity index (χ1) is 15.4. The average Bonchev–Trinajstić information content (AvgIpc) is 3.32. The zero-order valence-electron chi connectivity index (χ0n) is 17.9. The van der Waals surface area contributed by atoms with Crippen molar-refractivity contribution < 1.29 is 4.79 Å². The summed E-state index contributed by atoms with van der Waals surface area (Å²) in [6.45, 7) is 3.72. The molecule has 2 heterocycles. The van der Waals surface area contributed by atoms with Crippen molar-refractivity contribution in [2.75, 3.05) is 0 Å². The van der Waals surface area contributed by atoms with Crippen LogP contribution < -0.4 is 14.8 Å². The number of para-hydroxylation sites is 1. The van der Waals surface area contributed by atoms with Crippen LogP contribution in [-0.2, 0) is 7.05 Å². The van der Waals surface area contributed by atoms with E-state index in [1.54, 1.807) is 42.3 Å². The van der Waals surface area contributed by atoms with Gasteiger partial charge in [0.05, 0.1) is 16.4 Å². The molecule has 0 N–H and O–H groups in total. The molecule has 32 heavy (non-hydrogen) atoms. The fraction of sp³-hybridized carbons (Fsp3) is 0.120. The van der Waals surface area contributed by atoms with Crippen molar-refractivity contribution in [3.05, 3.63) is 103 Å². The second-order valence-corrected chi connectivity index (χ2v) is 8.45. The molecule has 0 saturated heterocycles. The van der Waals surface area contributed by atoms with E-state index in [1.807, 2.05) is 50.2 Å². The van der Waals surface area contributed by atoms with Crippen LogP contribution in [0.5, 0.6) is 0 Å². The topological polar surface area (TPSA) is 80.7 Å². The summed E-state index contributed by atoms with van der Waals surface area (Å²) in [5, 5.41) is 14.1. The predicted molar refractivity (Wildman–Crippen MR) is 125 cm³/mol. The Morgan fingerprint density at radius 3 is 2.41 bits per heavy atom. The lowest BCUT2D eigenvalue weighted by Crippen LogP contribution is -2.32. The minimum atomic E-state index is -0.401. The molecule has 4 aromatic rings. The van der Waals surface area contributed by atoms with Crippen molar-refractivity contribution >= 4 is 28.8 Å². The van der Waals surface area contributed by atoms with Gasteiger partial charge in [0.25, 0.3) is 5.56 Å². The molecule has 0 unspecified atom stereocenters. The van der Waals surface area contributed by atoms with Crippen LogP contribution in [0.1, 0.15) is 27.0 Å². The van der Waals surface area contributed by atoms with Crippen molar-refractivity contribution in [3.63, 3.8) is 0 Å². The van der Waals surface area contributed by atoms with Gasteiger partial charge in [0, 0.05) is 24.4 Å². The molecule has 0 fully saturated rings. The highest BCUT2D eigenvalue weighted by Gasteiger charge is 2.20. The number of ketones is 1. The van der Waals surface area contributed by atoms with Crippen LogP contribution in [0.25, 0.3) is 17.3 Å². The summed E-state index contributed by atoms with van der Waals surface area (Å²) >= 11 is 1.13. The molecule has 7 heteroatoms. The highest BCUT2D eigenvalue weighted by Crippen LogP contribution is 2.15. The predicted octanol–water partition coefficient (Wildman–Crippen LogP) is 2.64. The molecule has 4 rings (SSSR count). The standard InChI is InChI=1S/C25H20N4O2S/c1-16-8-4-6-10-19(16)23(30)20(13-26)25-29(21-11-7-5-9-17(21)2)24(31)22(32-25)12-18-14-27-28(3)15-18/h4-12,14-15H,1-3H3/b22-12-,25-20-. The lowest BCUT2D eigenvalue weighted by atomic mass is 10.0. The first kappa shape index (κ1) is 21.2. The van der Waals surface area contributed by atoms with Crippen LogP contribution in [0.2, 0.25) is 0 Å². The molecule has 2 aromatic carbocycles. The number of nitrogens with zero attached hydrogens (tertiary/aromatic N) is 4. The third kappa shape index (κ3) is 3.84. The first-order valence-corrected chi connectivity index (χ1v) is 10.8. The van der Waals surface area contributed by atoms with Gasteiger partial charge in [-0.1, -0.05) is 42.5 Å². The molecular formula is C25H20N4O2S. The molecule has 0 atom stereocenters. The van der Waals surface area contributed by atoms with Gasteiger partial charge in [-0.2, -0.15) is 10.4 Å². The fourth-order valence-electron chi connectivity index (χ4n) is 3.51. The summed E-state index contributed by atoms with van der Waals surface area (Å²) < 4.78 is 3.85. The van der Waals surface area contributed by atoms with E-state index >= 15 is 0 Å². The third-order valence-electron chi connectivity index (χ3n) is 5.14. The summed E-state index contributed by atoms with van der Waals surface area (Å²) in [5.74, 6) is -0.401. The van der Waals surface area contributed by atoms with Crippen LogP contribution in [0.3, 0.4) is 0 Å². The Morgan fingerprint density at radius 1 is 1.09 bits per heavy atom. The number of rotatable bonds is 4. The minimum Gasteiger partial charge on any atom is -0.288 e. The van der Waals surface area contributed by atoms with Crippen molar-refractivity contribution in [3.8, 4) is 11.8 Å². The Labute approximate surface area is 188 Å². The number of thiazole rings is 1. The van der Waals surface area contributed by atoms with E-state index in [-0.39, 0.29) is 11.1 Å². The molecular weight excluding hydrogens is 420 g/mol. The van der Waals surface area contributed by atoms with E-state index in [4.69, 9.17) is 0 Å². The average molecular weight is 441 g/mol. The van der Waals surface area contributed by atoms with Gasteiger partial charge in [0.2, 0.25) is 5.78 Å². The largest absolute Gasteiger partial charge is 0.288 e. The molecule has 0 amide bonds. The molecule has 0 spiro atoms. The van der Waals surface area contributed by atoms with E-state index in [1.165, 1.54) is 4.57 Å². The van der Waals surface area contributed by atoms with Crippen LogP contribution in [0.15, 0.2) is 65.7 Å². The van der Waals surface area contributed by atoms with Crippen LogP contribution in [0.4, 0.5) is 0 Å². The van der Waals surface area contributed by atoms with E-state index in [0.717, 1.165) is 28.0 Å². The number of hydrogen-bond donors (Lipinski definition) is 0. The first-order valence-electron chi connectivity index (χ1n) is 9.93. The van der Waals surface area contributed by atoms with E-state index in [2.05, 4.69) is 11.2 Å². The number of carbonyl (C=O) groups excluding carboxylic acids is 1. The second kappa shape index (κ2) is 8.61. The van der Waals surface area contributed by atoms with Gasteiger partial charge < -0.3 is 0 Å². The number of nitriles is 1. The van der Waals surface area contributed by atoms with Crippen molar-refractivity contribution in [1.82, 2.24) is 14.3 Å². The Hall–Kier alpha value is -4.02. The normalized spacial score (nSPS) is 12.5. The summed E-state index contributed by atoms with van der Waals surface area (Å²) in [4.78, 5) is 26.8. The van der Waals surface area contributed by atoms with Crippen molar-refractivity contribution in [2.24, 2.45) is 7.05 Å². The monoisotopic (exact) mass is 440 g/mol. The Morgan fingerprint density at radius 2 is 1.78 bits per heavy atom. The zero-order valence-corrected chi connectivity index (χ0v) is 18.7. The maximum Gasteiger partial charge on any atom is 0.273 e. The highest BCUT2D eigenvalue weighted by molar-refractivity contribution is 7.07. The van der Waals surface area contributed by atoms with Gasteiger partial charge in [0.1, 0.15) is 16.3 Å². The Balaban J connectivity index is 2.10. The molecule has 6 nitrogen and oxygen atoms in total. The van der Waals surface area contributed by atoms with Gasteiger partial charge in [0.15, 0.2) is 0 Å². The van der Waals surface area contributed by atoms with Gasteiger partial charge in [-0.25, -0.2) is 0 Å². The lowest BCUT2D eigenvalue weighted by Gasteiger charge is -2.08. The number of benzene rings is 2. The van der Waals surface area contributed by atoms with E-state index in [9.17, 15) is 14.9 Å². The van der Waals surface area contributed by atoms with Crippen molar-refractivity contribution in [2.45, 2.75) is 13.8 Å². The maximum atomic E-state index is 13.5. The minimum absolute atomic E-state index is 0.0597. The fourth-order valence-corrected chi connectivity index (χ4v) is 4.60. The number of Topliss-reactive ketones (excluding diaryl/α,β-unsaturated/α-hetero) is 1. The molecule has 2 aromatic heterocycles. The van der Waals surface area contributed by atoms with Gasteiger partial charge in [-0.05, 0) is 37.1 Å². The number of hydrogen-bond acceptors (Lipinski definition) is 5. The molecule has 0 saturated carbocycles. The number of aryl methyl sites for hydroxylation is 3. The summed E-state index contributed by atoms with van der Waals surface area (Å²) in [6.07, 6.45) is 5.18. The van der Waals surface area contributed by atoms with Gasteiger partial charge in [-0.3, -0.25) is 18.8 Å². The Kier molecular flexibility index (Phi) is 5.71. The smallest absolute Gasteiger partial charge is 0.273 e. The lowest BCUT2D eigenvalue weighted by molar-refractivity contribution is 0.105. The van der Waals surface area contributed by atoms with Gasteiger partial charge >= 0.3 is 0 Å². The quantitative estimate of drug-likeness (QED) is 0.457. The van der Waals surface area contributed by atoms with Crippen LogP contribution >= 0.6 is 11.3 Å². The summed E-state index contributed by atoms with van der Waals surface area (Å²) in [5.41, 5.74) is 3.14. The molecule has 0 aliphatic rings. The number of carbonyl (C=O) groups is 1. The SMILES string of the molecule is Cc1ccccc1C(=O)/C(C#N)=c1\s/c(=C\c2cnn(C)c2)c(=O)n1-c1ccccc1C. The van der Waals surface area contributed by atoms with E-state index in [0.29, 0.717) is 20.4 Å². The molecule has 0 aliphatic carbocycles. The van der Waals surface area contributed by atoms with E-state index < -0.39 is 5.78 Å². The molecule has 0 aliphatic heterocycles. The third-order valence-corrected chi connectivity index (χ3v) is 6.24. The van der Waals surface area contributed by atoms with Crippen LogP contribution in [-0.4, -0.2) is 20.1 Å². The van der Waals surface area contributed by atoms with Crippen LogP contribution in [0, 0.1) is 25.2 Å². The molecule has 158 valence electrons. The summed E-state index contributed by atoms with van der Waals surface area (Å²) in [6, 6.07) is 16.6. The Bertz CT molecular complexity index is 1560. The molecule has 0 bridgehead atoms. The summed E-state index contributed by atoms with van der Waals surface area (Å²) in [7, 11) is 1.80.